The molecule has 1 amide bonds. The molecule has 6 heteroatoms. The Balaban J connectivity index is 2.27. The Kier molecular flexibility index (Phi) is 6.71. The summed E-state index contributed by atoms with van der Waals surface area (Å²) in [7, 11) is 0. The Labute approximate surface area is 106 Å². The van der Waals surface area contributed by atoms with E-state index in [0.29, 0.717) is 38.4 Å². The average molecular weight is 253 g/mol. The largest absolute Gasteiger partial charge is 0.464 e. The van der Waals surface area contributed by atoms with E-state index >= 15 is 0 Å². The predicted octanol–water partition coefficient (Wildman–Crippen LogP) is 0.306. The number of hydrogen-bond acceptors (Lipinski definition) is 5. The van der Waals surface area contributed by atoms with Gasteiger partial charge in [0.25, 0.3) is 0 Å². The fourth-order valence-corrected chi connectivity index (χ4v) is 1.33. The highest BCUT2D eigenvalue weighted by Gasteiger charge is 2.03. The summed E-state index contributed by atoms with van der Waals surface area (Å²) >= 11 is 0. The minimum absolute atomic E-state index is 0.0302. The molecule has 0 aliphatic carbocycles. The molecule has 1 aromatic heterocycles. The Morgan fingerprint density at radius 1 is 1.44 bits per heavy atom. The lowest BCUT2D eigenvalue weighted by Gasteiger charge is -2.04. The third-order valence-corrected chi connectivity index (χ3v) is 2.25. The lowest BCUT2D eigenvalue weighted by Crippen LogP contribution is -2.25. The molecule has 1 heterocycles. The average Bonchev–Trinajstić information content (AvgIpc) is 2.39. The van der Waals surface area contributed by atoms with E-state index in [4.69, 9.17) is 9.84 Å². The second kappa shape index (κ2) is 8.41. The number of carbonyl (C=O) groups excluding carboxylic acids is 1. The molecule has 0 aromatic carbocycles. The van der Waals surface area contributed by atoms with E-state index < -0.39 is 0 Å². The van der Waals surface area contributed by atoms with Crippen molar-refractivity contribution in [3.8, 4) is 6.01 Å². The van der Waals surface area contributed by atoms with Gasteiger partial charge in [-0.2, -0.15) is 0 Å². The zero-order valence-electron chi connectivity index (χ0n) is 10.6. The molecule has 0 aliphatic rings. The molecule has 6 nitrogen and oxygen atoms in total. The summed E-state index contributed by atoms with van der Waals surface area (Å²) in [5.74, 6) is -0.0302. The summed E-state index contributed by atoms with van der Waals surface area (Å²) in [5.41, 5.74) is 0.899. The Hall–Kier alpha value is -1.69. The van der Waals surface area contributed by atoms with Crippen molar-refractivity contribution in [1.29, 1.82) is 0 Å². The maximum atomic E-state index is 11.4. The standard InChI is InChI=1S/C12H19N3O3/c1-2-18-12-14-8-10(9-15-12)4-5-11(17)13-6-3-7-16/h8-9,16H,2-7H2,1H3,(H,13,17). The van der Waals surface area contributed by atoms with Crippen LogP contribution in [0.2, 0.25) is 0 Å². The van der Waals surface area contributed by atoms with Gasteiger partial charge in [0.1, 0.15) is 0 Å². The van der Waals surface area contributed by atoms with Crippen molar-refractivity contribution in [2.75, 3.05) is 19.8 Å². The van der Waals surface area contributed by atoms with E-state index in [1.54, 1.807) is 12.4 Å². The highest BCUT2D eigenvalue weighted by Crippen LogP contribution is 2.04. The number of rotatable bonds is 8. The molecule has 0 spiro atoms. The summed E-state index contributed by atoms with van der Waals surface area (Å²) < 4.78 is 5.13. The van der Waals surface area contributed by atoms with Gasteiger partial charge in [-0.25, -0.2) is 9.97 Å². The first-order valence-corrected chi connectivity index (χ1v) is 6.07. The summed E-state index contributed by atoms with van der Waals surface area (Å²) in [6, 6.07) is 0.355. The Bertz CT molecular complexity index is 354. The number of hydrogen-bond donors (Lipinski definition) is 2. The summed E-state index contributed by atoms with van der Waals surface area (Å²) in [5, 5.41) is 11.3. The molecule has 0 radical (unpaired) electrons. The van der Waals surface area contributed by atoms with Crippen LogP contribution in [0.25, 0.3) is 0 Å². The van der Waals surface area contributed by atoms with Crippen LogP contribution in [-0.4, -0.2) is 40.7 Å². The molecule has 0 bridgehead atoms. The number of amides is 1. The molecule has 100 valence electrons. The monoisotopic (exact) mass is 253 g/mol. The third kappa shape index (κ3) is 5.58. The first-order valence-electron chi connectivity index (χ1n) is 6.07. The van der Waals surface area contributed by atoms with Gasteiger partial charge in [-0.05, 0) is 25.3 Å². The fraction of sp³-hybridized carbons (Fsp3) is 0.583. The van der Waals surface area contributed by atoms with Crippen LogP contribution in [0.4, 0.5) is 0 Å². The number of carbonyl (C=O) groups is 1. The summed E-state index contributed by atoms with van der Waals surface area (Å²) in [4.78, 5) is 19.4. The number of aliphatic hydroxyl groups excluding tert-OH is 1. The first-order chi connectivity index (χ1) is 8.76. The quantitative estimate of drug-likeness (QED) is 0.651. The summed E-state index contributed by atoms with van der Waals surface area (Å²) in [6.07, 6.45) is 4.90. The van der Waals surface area contributed by atoms with Crippen LogP contribution >= 0.6 is 0 Å². The fourth-order valence-electron chi connectivity index (χ4n) is 1.33. The van der Waals surface area contributed by atoms with Crippen LogP contribution in [0, 0.1) is 0 Å². The number of aliphatic hydroxyl groups is 1. The van der Waals surface area contributed by atoms with Crippen molar-refractivity contribution in [2.24, 2.45) is 0 Å². The number of aryl methyl sites for hydroxylation is 1. The van der Waals surface area contributed by atoms with E-state index in [1.165, 1.54) is 0 Å². The molecule has 0 fully saturated rings. The van der Waals surface area contributed by atoms with Gasteiger partial charge in [0, 0.05) is 32.0 Å². The van der Waals surface area contributed by atoms with Gasteiger partial charge >= 0.3 is 6.01 Å². The zero-order chi connectivity index (χ0) is 13.2. The van der Waals surface area contributed by atoms with Crippen molar-refractivity contribution in [3.63, 3.8) is 0 Å². The van der Waals surface area contributed by atoms with E-state index in [1.807, 2.05) is 6.92 Å². The lowest BCUT2D eigenvalue weighted by atomic mass is 10.2. The first kappa shape index (κ1) is 14.4. The van der Waals surface area contributed by atoms with Crippen LogP contribution in [0.3, 0.4) is 0 Å². The third-order valence-electron chi connectivity index (χ3n) is 2.25. The molecular formula is C12H19N3O3. The molecule has 1 aromatic rings. The predicted molar refractivity (Wildman–Crippen MR) is 66.2 cm³/mol. The van der Waals surface area contributed by atoms with E-state index in [0.717, 1.165) is 5.56 Å². The van der Waals surface area contributed by atoms with Crippen LogP contribution < -0.4 is 10.1 Å². The van der Waals surface area contributed by atoms with Crippen molar-refractivity contribution in [2.45, 2.75) is 26.2 Å². The van der Waals surface area contributed by atoms with E-state index in [9.17, 15) is 4.79 Å². The minimum Gasteiger partial charge on any atom is -0.464 e. The molecule has 0 saturated heterocycles. The molecule has 0 atom stereocenters. The lowest BCUT2D eigenvalue weighted by molar-refractivity contribution is -0.121. The van der Waals surface area contributed by atoms with Gasteiger partial charge in [-0.15, -0.1) is 0 Å². The number of nitrogens with zero attached hydrogens (tertiary/aromatic N) is 2. The van der Waals surface area contributed by atoms with Crippen molar-refractivity contribution in [1.82, 2.24) is 15.3 Å². The number of nitrogens with one attached hydrogen (secondary N) is 1. The highest BCUT2D eigenvalue weighted by atomic mass is 16.5. The molecule has 0 saturated carbocycles. The molecule has 1 rings (SSSR count). The molecule has 0 aliphatic heterocycles. The topological polar surface area (TPSA) is 84.3 Å². The van der Waals surface area contributed by atoms with Gasteiger partial charge in [0.05, 0.1) is 6.61 Å². The maximum absolute atomic E-state index is 11.4. The number of aromatic nitrogens is 2. The van der Waals surface area contributed by atoms with Gasteiger partial charge in [-0.1, -0.05) is 0 Å². The smallest absolute Gasteiger partial charge is 0.316 e. The second-order valence-electron chi connectivity index (χ2n) is 3.73. The van der Waals surface area contributed by atoms with Crippen molar-refractivity contribution in [3.05, 3.63) is 18.0 Å². The SMILES string of the molecule is CCOc1ncc(CCC(=O)NCCCO)cn1. The normalized spacial score (nSPS) is 10.1. The Morgan fingerprint density at radius 3 is 2.78 bits per heavy atom. The second-order valence-corrected chi connectivity index (χ2v) is 3.73. The molecule has 18 heavy (non-hydrogen) atoms. The van der Waals surface area contributed by atoms with E-state index in [-0.39, 0.29) is 12.5 Å². The van der Waals surface area contributed by atoms with Gasteiger partial charge < -0.3 is 15.2 Å². The molecule has 0 unspecified atom stereocenters. The van der Waals surface area contributed by atoms with Crippen molar-refractivity contribution < 1.29 is 14.6 Å². The van der Waals surface area contributed by atoms with Crippen LogP contribution in [0.1, 0.15) is 25.3 Å². The maximum Gasteiger partial charge on any atom is 0.316 e. The number of ether oxygens (including phenoxy) is 1. The van der Waals surface area contributed by atoms with Gasteiger partial charge in [0.2, 0.25) is 5.91 Å². The van der Waals surface area contributed by atoms with Crippen LogP contribution in [-0.2, 0) is 11.2 Å². The van der Waals surface area contributed by atoms with Crippen LogP contribution in [0.5, 0.6) is 6.01 Å². The Morgan fingerprint density at radius 2 is 2.17 bits per heavy atom. The van der Waals surface area contributed by atoms with Gasteiger partial charge in [0.15, 0.2) is 0 Å². The van der Waals surface area contributed by atoms with E-state index in [2.05, 4.69) is 15.3 Å². The highest BCUT2D eigenvalue weighted by molar-refractivity contribution is 5.76. The van der Waals surface area contributed by atoms with Crippen molar-refractivity contribution >= 4 is 5.91 Å². The minimum atomic E-state index is -0.0302. The molecular weight excluding hydrogens is 234 g/mol. The molecule has 2 N–H and O–H groups in total. The van der Waals surface area contributed by atoms with Crippen LogP contribution in [0.15, 0.2) is 12.4 Å². The summed E-state index contributed by atoms with van der Waals surface area (Å²) in [6.45, 7) is 3.00. The van der Waals surface area contributed by atoms with Gasteiger partial charge in [-0.3, -0.25) is 4.79 Å². The zero-order valence-corrected chi connectivity index (χ0v) is 10.6.